The number of benzene rings is 2. The van der Waals surface area contributed by atoms with Crippen LogP contribution in [0.4, 0.5) is 14.5 Å². The van der Waals surface area contributed by atoms with Crippen molar-refractivity contribution in [3.63, 3.8) is 0 Å². The van der Waals surface area contributed by atoms with E-state index in [1.807, 2.05) is 13.8 Å². The van der Waals surface area contributed by atoms with Crippen LogP contribution < -0.4 is 10.6 Å². The van der Waals surface area contributed by atoms with Gasteiger partial charge in [-0.1, -0.05) is 17.7 Å². The molecule has 0 aliphatic heterocycles. The predicted octanol–water partition coefficient (Wildman–Crippen LogP) is 3.19. The Hall–Kier alpha value is -1.98. The summed E-state index contributed by atoms with van der Waals surface area (Å²) >= 11 is 6.01. The molecule has 6 heteroatoms. The minimum absolute atomic E-state index is 0.159. The van der Waals surface area contributed by atoms with Crippen LogP contribution in [0.25, 0.3) is 0 Å². The Morgan fingerprint density at radius 1 is 1.26 bits per heavy atom. The van der Waals surface area contributed by atoms with E-state index in [1.165, 1.54) is 6.07 Å². The number of halogens is 3. The van der Waals surface area contributed by atoms with Crippen LogP contribution in [0.15, 0.2) is 36.4 Å². The van der Waals surface area contributed by atoms with E-state index in [4.69, 9.17) is 11.6 Å². The number of quaternary nitrogens is 1. The molecular formula is C17H18ClF2N2O+. The zero-order chi connectivity index (χ0) is 17.0. The van der Waals surface area contributed by atoms with Crippen molar-refractivity contribution in [1.82, 2.24) is 0 Å². The van der Waals surface area contributed by atoms with Gasteiger partial charge in [-0.05, 0) is 49.7 Å². The molecular weight excluding hydrogens is 322 g/mol. The lowest BCUT2D eigenvalue weighted by atomic mass is 10.1. The maximum atomic E-state index is 13.2. The molecule has 2 aromatic rings. The zero-order valence-corrected chi connectivity index (χ0v) is 13.6. The van der Waals surface area contributed by atoms with Crippen LogP contribution in [-0.4, -0.2) is 12.5 Å². The van der Waals surface area contributed by atoms with Gasteiger partial charge in [0.2, 0.25) is 0 Å². The summed E-state index contributed by atoms with van der Waals surface area (Å²) in [7, 11) is 0. The minimum Gasteiger partial charge on any atom is -0.333 e. The van der Waals surface area contributed by atoms with Gasteiger partial charge >= 0.3 is 0 Å². The van der Waals surface area contributed by atoms with Crippen LogP contribution in [-0.2, 0) is 4.79 Å². The average molecular weight is 340 g/mol. The molecule has 0 bridgehead atoms. The molecule has 1 atom stereocenters. The number of carbonyl (C=O) groups is 1. The number of hydrogen-bond donors (Lipinski definition) is 2. The Morgan fingerprint density at radius 2 is 2.00 bits per heavy atom. The van der Waals surface area contributed by atoms with E-state index < -0.39 is 11.6 Å². The third-order valence-corrected chi connectivity index (χ3v) is 4.08. The molecule has 0 aromatic heterocycles. The first-order chi connectivity index (χ1) is 10.9. The number of amides is 1. The van der Waals surface area contributed by atoms with Gasteiger partial charge in [0.25, 0.3) is 5.91 Å². The molecule has 0 aliphatic rings. The van der Waals surface area contributed by atoms with Gasteiger partial charge in [-0.25, -0.2) is 8.78 Å². The Bertz CT molecular complexity index is 722. The molecule has 2 rings (SSSR count). The van der Waals surface area contributed by atoms with Crippen molar-refractivity contribution in [1.29, 1.82) is 0 Å². The number of rotatable bonds is 5. The van der Waals surface area contributed by atoms with Gasteiger partial charge < -0.3 is 10.6 Å². The molecule has 1 amide bonds. The SMILES string of the molecule is Cc1c(Cl)cccc1NC(=O)C[NH2+][C@@H](C)c1ccc(F)c(F)c1. The average Bonchev–Trinajstić information content (AvgIpc) is 2.52. The molecule has 0 heterocycles. The summed E-state index contributed by atoms with van der Waals surface area (Å²) in [6.07, 6.45) is 0. The first-order valence-corrected chi connectivity index (χ1v) is 7.59. The Balaban J connectivity index is 1.93. The first-order valence-electron chi connectivity index (χ1n) is 7.21. The van der Waals surface area contributed by atoms with Crippen molar-refractivity contribution in [2.75, 3.05) is 11.9 Å². The second-order valence-corrected chi connectivity index (χ2v) is 5.77. The van der Waals surface area contributed by atoms with E-state index in [0.29, 0.717) is 16.3 Å². The molecule has 3 nitrogen and oxygen atoms in total. The van der Waals surface area contributed by atoms with E-state index in [9.17, 15) is 13.6 Å². The fourth-order valence-corrected chi connectivity index (χ4v) is 2.33. The van der Waals surface area contributed by atoms with Crippen LogP contribution in [0, 0.1) is 18.6 Å². The van der Waals surface area contributed by atoms with Gasteiger partial charge in [-0.3, -0.25) is 4.79 Å². The number of nitrogens with two attached hydrogens (primary N) is 1. The monoisotopic (exact) mass is 339 g/mol. The summed E-state index contributed by atoms with van der Waals surface area (Å²) < 4.78 is 26.2. The molecule has 3 N–H and O–H groups in total. The van der Waals surface area contributed by atoms with Gasteiger partial charge in [0.1, 0.15) is 6.04 Å². The van der Waals surface area contributed by atoms with Gasteiger partial charge in [0.15, 0.2) is 18.2 Å². The van der Waals surface area contributed by atoms with Crippen LogP contribution in [0.3, 0.4) is 0 Å². The summed E-state index contributed by atoms with van der Waals surface area (Å²) in [5, 5.41) is 5.13. The molecule has 0 saturated heterocycles. The molecule has 2 aromatic carbocycles. The first kappa shape index (κ1) is 17.4. The largest absolute Gasteiger partial charge is 0.333 e. The topological polar surface area (TPSA) is 45.7 Å². The molecule has 0 unspecified atom stereocenters. The Morgan fingerprint density at radius 3 is 2.70 bits per heavy atom. The fraction of sp³-hybridized carbons (Fsp3) is 0.235. The molecule has 0 radical (unpaired) electrons. The second kappa shape index (κ2) is 7.53. The molecule has 23 heavy (non-hydrogen) atoms. The standard InChI is InChI=1S/C17H17ClF2N2O/c1-10-13(18)4-3-5-16(10)22-17(23)9-21-11(2)12-6-7-14(19)15(20)8-12/h3-8,11,21H,9H2,1-2H3,(H,22,23)/p+1/t11-/m0/s1. The summed E-state index contributed by atoms with van der Waals surface area (Å²) in [5.41, 5.74) is 2.09. The fourth-order valence-electron chi connectivity index (χ4n) is 2.16. The van der Waals surface area contributed by atoms with Gasteiger partial charge in [0.05, 0.1) is 0 Å². The molecule has 0 saturated carbocycles. The lowest BCUT2D eigenvalue weighted by Crippen LogP contribution is -2.86. The summed E-state index contributed by atoms with van der Waals surface area (Å²) in [4.78, 5) is 12.0. The number of nitrogens with one attached hydrogen (secondary N) is 1. The van der Waals surface area contributed by atoms with Crippen LogP contribution >= 0.6 is 11.6 Å². The highest BCUT2D eigenvalue weighted by Crippen LogP contribution is 2.22. The van der Waals surface area contributed by atoms with Crippen LogP contribution in [0.1, 0.15) is 24.1 Å². The maximum Gasteiger partial charge on any atom is 0.279 e. The Kier molecular flexibility index (Phi) is 5.69. The van der Waals surface area contributed by atoms with Gasteiger partial charge in [-0.15, -0.1) is 0 Å². The molecule has 0 spiro atoms. The third kappa shape index (κ3) is 4.50. The lowest BCUT2D eigenvalue weighted by Gasteiger charge is -2.12. The van der Waals surface area contributed by atoms with Crippen molar-refractivity contribution in [3.05, 3.63) is 64.2 Å². The van der Waals surface area contributed by atoms with E-state index >= 15 is 0 Å². The minimum atomic E-state index is -0.887. The smallest absolute Gasteiger partial charge is 0.279 e. The summed E-state index contributed by atoms with van der Waals surface area (Å²) in [5.74, 6) is -1.96. The van der Waals surface area contributed by atoms with E-state index in [-0.39, 0.29) is 18.5 Å². The van der Waals surface area contributed by atoms with Crippen LogP contribution in [0.2, 0.25) is 5.02 Å². The maximum absolute atomic E-state index is 13.2. The highest BCUT2D eigenvalue weighted by molar-refractivity contribution is 6.31. The van der Waals surface area contributed by atoms with Crippen molar-refractivity contribution in [2.45, 2.75) is 19.9 Å². The van der Waals surface area contributed by atoms with Crippen molar-refractivity contribution >= 4 is 23.2 Å². The normalized spacial score (nSPS) is 12.0. The highest BCUT2D eigenvalue weighted by Gasteiger charge is 2.14. The van der Waals surface area contributed by atoms with E-state index in [2.05, 4.69) is 5.32 Å². The van der Waals surface area contributed by atoms with Crippen molar-refractivity contribution < 1.29 is 18.9 Å². The lowest BCUT2D eigenvalue weighted by molar-refractivity contribution is -0.682. The molecule has 122 valence electrons. The number of carbonyl (C=O) groups excluding carboxylic acids is 1. The van der Waals surface area contributed by atoms with E-state index in [1.54, 1.807) is 23.5 Å². The molecule has 0 aliphatic carbocycles. The summed E-state index contributed by atoms with van der Waals surface area (Å²) in [6, 6.07) is 8.87. The van der Waals surface area contributed by atoms with Crippen LogP contribution in [0.5, 0.6) is 0 Å². The quantitative estimate of drug-likeness (QED) is 0.863. The van der Waals surface area contributed by atoms with Gasteiger partial charge in [-0.2, -0.15) is 0 Å². The van der Waals surface area contributed by atoms with Crippen molar-refractivity contribution in [3.8, 4) is 0 Å². The second-order valence-electron chi connectivity index (χ2n) is 5.36. The zero-order valence-electron chi connectivity index (χ0n) is 12.9. The number of hydrogen-bond acceptors (Lipinski definition) is 1. The molecule has 0 fully saturated rings. The summed E-state index contributed by atoms with van der Waals surface area (Å²) in [6.45, 7) is 3.81. The van der Waals surface area contributed by atoms with E-state index in [0.717, 1.165) is 17.7 Å². The third-order valence-electron chi connectivity index (χ3n) is 3.67. The van der Waals surface area contributed by atoms with Gasteiger partial charge in [0, 0.05) is 16.3 Å². The Labute approximate surface area is 138 Å². The van der Waals surface area contributed by atoms with Crippen molar-refractivity contribution in [2.24, 2.45) is 0 Å². The highest BCUT2D eigenvalue weighted by atomic mass is 35.5. The number of anilines is 1. The predicted molar refractivity (Wildman–Crippen MR) is 86.4 cm³/mol.